The number of carbonyl (C=O) groups is 1. The fourth-order valence-electron chi connectivity index (χ4n) is 4.75. The zero-order valence-electron chi connectivity index (χ0n) is 21.2. The molecule has 4 aromatic rings. The second-order valence-corrected chi connectivity index (χ2v) is 9.19. The number of alkyl halides is 2. The number of ether oxygens (including phenoxy) is 1. The Bertz CT molecular complexity index is 1510. The van der Waals surface area contributed by atoms with Crippen LogP contribution in [0.5, 0.6) is 5.75 Å². The molecular weight excluding hydrogens is 494 g/mol. The minimum Gasteiger partial charge on any atom is -0.434 e. The number of anilines is 1. The fourth-order valence-corrected chi connectivity index (χ4v) is 4.75. The van der Waals surface area contributed by atoms with Gasteiger partial charge in [-0.05, 0) is 35.7 Å². The van der Waals surface area contributed by atoms with Crippen molar-refractivity contribution in [3.05, 3.63) is 70.3 Å². The minimum absolute atomic E-state index is 0.0839. The number of halogens is 2. The lowest BCUT2D eigenvalue weighted by molar-refractivity contribution is -0.118. The summed E-state index contributed by atoms with van der Waals surface area (Å²) in [6, 6.07) is 10.6. The third-order valence-corrected chi connectivity index (χ3v) is 6.95. The van der Waals surface area contributed by atoms with Gasteiger partial charge in [-0.3, -0.25) is 19.0 Å². The van der Waals surface area contributed by atoms with Crippen LogP contribution in [0.15, 0.2) is 53.6 Å². The van der Waals surface area contributed by atoms with Gasteiger partial charge in [0.25, 0.3) is 5.56 Å². The van der Waals surface area contributed by atoms with Gasteiger partial charge < -0.3 is 14.5 Å². The third-order valence-electron chi connectivity index (χ3n) is 6.95. The number of amides is 1. The van der Waals surface area contributed by atoms with Gasteiger partial charge in [0.15, 0.2) is 0 Å². The molecule has 38 heavy (non-hydrogen) atoms. The smallest absolute Gasteiger partial charge is 0.387 e. The van der Waals surface area contributed by atoms with Crippen LogP contribution >= 0.6 is 0 Å². The predicted octanol–water partition coefficient (Wildman–Crippen LogP) is 3.29. The zero-order chi connectivity index (χ0) is 26.8. The van der Waals surface area contributed by atoms with E-state index in [0.29, 0.717) is 48.6 Å². The summed E-state index contributed by atoms with van der Waals surface area (Å²) in [6.45, 7) is 1.79. The summed E-state index contributed by atoms with van der Waals surface area (Å²) in [5.41, 5.74) is 3.61. The van der Waals surface area contributed by atoms with Crippen molar-refractivity contribution in [1.29, 1.82) is 0 Å². The van der Waals surface area contributed by atoms with Crippen LogP contribution in [-0.4, -0.2) is 63.4 Å². The first-order chi connectivity index (χ1) is 18.4. The van der Waals surface area contributed by atoms with E-state index in [1.807, 2.05) is 30.0 Å². The van der Waals surface area contributed by atoms with Gasteiger partial charge in [0, 0.05) is 56.7 Å². The number of piperazine rings is 1. The van der Waals surface area contributed by atoms with Crippen molar-refractivity contribution in [3.63, 3.8) is 0 Å². The van der Waals surface area contributed by atoms with Crippen molar-refractivity contribution < 1.29 is 18.3 Å². The molecule has 0 spiro atoms. The van der Waals surface area contributed by atoms with Crippen LogP contribution in [0.2, 0.25) is 0 Å². The van der Waals surface area contributed by atoms with E-state index in [1.165, 1.54) is 4.68 Å². The van der Waals surface area contributed by atoms with Crippen molar-refractivity contribution in [2.24, 2.45) is 7.05 Å². The van der Waals surface area contributed by atoms with Gasteiger partial charge >= 0.3 is 6.61 Å². The fraction of sp³-hybridized carbons (Fsp3) is 0.333. The predicted molar refractivity (Wildman–Crippen MR) is 140 cm³/mol. The number of nitrogens with zero attached hydrogens (tertiary/aromatic N) is 6. The Hall–Kier alpha value is -4.28. The lowest BCUT2D eigenvalue weighted by Gasteiger charge is -2.32. The molecular formula is C27H28F2N6O3. The average Bonchev–Trinajstić information content (AvgIpc) is 3.18. The molecule has 1 aliphatic heterocycles. The van der Waals surface area contributed by atoms with Crippen LogP contribution in [0.1, 0.15) is 18.1 Å². The number of rotatable bonds is 8. The van der Waals surface area contributed by atoms with E-state index in [-0.39, 0.29) is 17.9 Å². The zero-order valence-corrected chi connectivity index (χ0v) is 21.2. The van der Waals surface area contributed by atoms with Crippen LogP contribution in [-0.2, 0) is 24.8 Å². The summed E-state index contributed by atoms with van der Waals surface area (Å²) >= 11 is 0. The van der Waals surface area contributed by atoms with E-state index in [4.69, 9.17) is 4.74 Å². The molecule has 0 unspecified atom stereocenters. The minimum atomic E-state index is -2.95. The Morgan fingerprint density at radius 3 is 2.42 bits per heavy atom. The molecule has 0 atom stereocenters. The van der Waals surface area contributed by atoms with Crippen molar-refractivity contribution in [2.75, 3.05) is 31.1 Å². The average molecular weight is 523 g/mol. The Morgan fingerprint density at radius 1 is 1.03 bits per heavy atom. The Morgan fingerprint density at radius 2 is 1.76 bits per heavy atom. The molecule has 0 N–H and O–H groups in total. The first-order valence-electron chi connectivity index (χ1n) is 12.4. The van der Waals surface area contributed by atoms with Gasteiger partial charge in [0.2, 0.25) is 12.4 Å². The van der Waals surface area contributed by atoms with Crippen LogP contribution in [0.4, 0.5) is 14.7 Å². The molecule has 9 nitrogen and oxygen atoms in total. The maximum absolute atomic E-state index is 13.1. The Balaban J connectivity index is 1.48. The molecule has 1 saturated heterocycles. The van der Waals surface area contributed by atoms with Gasteiger partial charge in [0.1, 0.15) is 5.75 Å². The maximum Gasteiger partial charge on any atom is 0.387 e. The van der Waals surface area contributed by atoms with E-state index in [1.54, 1.807) is 47.2 Å². The number of hydrogen-bond donors (Lipinski definition) is 0. The number of aromatic nitrogens is 4. The molecule has 0 saturated carbocycles. The largest absolute Gasteiger partial charge is 0.434 e. The lowest BCUT2D eigenvalue weighted by Crippen LogP contribution is -2.46. The van der Waals surface area contributed by atoms with Gasteiger partial charge in [-0.15, -0.1) is 0 Å². The first-order valence-corrected chi connectivity index (χ1v) is 12.4. The SMILES string of the molecule is CCc1ccc(OC(F)F)c(Cn2c3cc(-c4cnc(N5CCN(C=O)CC5)nc4)ccc3c(=O)n2C)c1. The quantitative estimate of drug-likeness (QED) is 0.330. The monoisotopic (exact) mass is 522 g/mol. The number of fused-ring (bicyclic) bond motifs is 1. The van der Waals surface area contributed by atoms with Crippen LogP contribution in [0, 0.1) is 0 Å². The van der Waals surface area contributed by atoms with E-state index in [2.05, 4.69) is 9.97 Å². The van der Waals surface area contributed by atoms with Gasteiger partial charge in [-0.1, -0.05) is 25.1 Å². The molecule has 1 aliphatic rings. The van der Waals surface area contributed by atoms with E-state index in [0.717, 1.165) is 29.5 Å². The van der Waals surface area contributed by atoms with Crippen LogP contribution in [0.3, 0.4) is 0 Å². The Labute approximate surface area is 217 Å². The molecule has 198 valence electrons. The number of carbonyl (C=O) groups excluding carboxylic acids is 1. The summed E-state index contributed by atoms with van der Waals surface area (Å²) in [5, 5.41) is 0.518. The first kappa shape index (κ1) is 25.4. The molecule has 2 aromatic heterocycles. The summed E-state index contributed by atoms with van der Waals surface area (Å²) in [7, 11) is 1.65. The molecule has 0 bridgehead atoms. The highest BCUT2D eigenvalue weighted by Gasteiger charge is 2.19. The van der Waals surface area contributed by atoms with Gasteiger partial charge in [-0.25, -0.2) is 9.97 Å². The lowest BCUT2D eigenvalue weighted by atomic mass is 10.1. The Kier molecular flexibility index (Phi) is 7.08. The molecule has 0 radical (unpaired) electrons. The van der Waals surface area contributed by atoms with Crippen LogP contribution < -0.4 is 15.2 Å². The highest BCUT2D eigenvalue weighted by atomic mass is 19.3. The van der Waals surface area contributed by atoms with Crippen LogP contribution in [0.25, 0.3) is 22.0 Å². The molecule has 2 aromatic carbocycles. The second-order valence-electron chi connectivity index (χ2n) is 9.19. The second kappa shape index (κ2) is 10.6. The summed E-state index contributed by atoms with van der Waals surface area (Å²) in [4.78, 5) is 36.7. The van der Waals surface area contributed by atoms with Crippen molar-refractivity contribution >= 4 is 23.3 Å². The summed E-state index contributed by atoms with van der Waals surface area (Å²) in [6.07, 6.45) is 5.06. The van der Waals surface area contributed by atoms with Gasteiger partial charge in [0.05, 0.1) is 17.4 Å². The maximum atomic E-state index is 13.1. The number of hydrogen-bond acceptors (Lipinski definition) is 6. The van der Waals surface area contributed by atoms with Crippen molar-refractivity contribution in [2.45, 2.75) is 26.5 Å². The molecule has 0 aliphatic carbocycles. The summed E-state index contributed by atoms with van der Waals surface area (Å²) in [5.74, 6) is 0.681. The van der Waals surface area contributed by atoms with Crippen molar-refractivity contribution in [1.82, 2.24) is 24.2 Å². The van der Waals surface area contributed by atoms with Crippen molar-refractivity contribution in [3.8, 4) is 16.9 Å². The van der Waals surface area contributed by atoms with E-state index in [9.17, 15) is 18.4 Å². The third kappa shape index (κ3) is 4.96. The number of aryl methyl sites for hydroxylation is 1. The highest BCUT2D eigenvalue weighted by molar-refractivity contribution is 5.84. The van der Waals surface area contributed by atoms with E-state index < -0.39 is 6.61 Å². The van der Waals surface area contributed by atoms with E-state index >= 15 is 0 Å². The standard InChI is InChI=1S/C27H28F2N6O3/c1-3-18-4-7-24(38-26(28)29)20(12-18)16-35-23-13-19(5-6-22(23)25(37)32(35)2)21-14-30-27(31-15-21)34-10-8-33(17-36)9-11-34/h4-7,12-15,17,26H,3,8-11,16H2,1-2H3. The highest BCUT2D eigenvalue weighted by Crippen LogP contribution is 2.27. The number of benzene rings is 2. The molecule has 1 fully saturated rings. The summed E-state index contributed by atoms with van der Waals surface area (Å²) < 4.78 is 34.1. The molecule has 3 heterocycles. The van der Waals surface area contributed by atoms with Gasteiger partial charge in [-0.2, -0.15) is 8.78 Å². The molecule has 1 amide bonds. The molecule has 5 rings (SSSR count). The molecule has 11 heteroatoms. The normalized spacial score (nSPS) is 13.9. The topological polar surface area (TPSA) is 85.5 Å².